The molecule has 1 aromatic rings. The topological polar surface area (TPSA) is 34.2 Å². The standard InChI is InChI=1S/C17H30N2O/c1-8-17(5,6)15(18-9-2)10-14-13(4)16(20-7)12(3)11-19-14/h11,15,18H,8-10H2,1-7H3. The van der Waals surface area contributed by atoms with Crippen LogP contribution in [0.5, 0.6) is 5.75 Å². The molecule has 0 aliphatic carbocycles. The van der Waals surface area contributed by atoms with Gasteiger partial charge in [0, 0.05) is 35.5 Å². The molecule has 0 bridgehead atoms. The van der Waals surface area contributed by atoms with Gasteiger partial charge in [0.1, 0.15) is 5.75 Å². The van der Waals surface area contributed by atoms with E-state index in [0.717, 1.165) is 36.4 Å². The van der Waals surface area contributed by atoms with E-state index in [-0.39, 0.29) is 5.41 Å². The molecule has 1 rings (SSSR count). The third-order valence-corrected chi connectivity index (χ3v) is 4.45. The molecule has 1 unspecified atom stereocenters. The molecule has 1 atom stereocenters. The summed E-state index contributed by atoms with van der Waals surface area (Å²) in [5, 5.41) is 3.62. The summed E-state index contributed by atoms with van der Waals surface area (Å²) in [6.07, 6.45) is 4.01. The molecule has 114 valence electrons. The number of hydrogen-bond donors (Lipinski definition) is 1. The van der Waals surface area contributed by atoms with E-state index in [1.165, 1.54) is 5.56 Å². The number of likely N-dealkylation sites (N-methyl/N-ethyl adjacent to an activating group) is 1. The molecule has 3 heteroatoms. The van der Waals surface area contributed by atoms with Crippen molar-refractivity contribution in [3.8, 4) is 5.75 Å². The van der Waals surface area contributed by atoms with E-state index in [4.69, 9.17) is 4.74 Å². The minimum Gasteiger partial charge on any atom is -0.496 e. The number of ether oxygens (including phenoxy) is 1. The van der Waals surface area contributed by atoms with Gasteiger partial charge in [-0.25, -0.2) is 0 Å². The molecule has 1 aromatic heterocycles. The van der Waals surface area contributed by atoms with Gasteiger partial charge in [-0.1, -0.05) is 27.7 Å². The molecule has 0 spiro atoms. The summed E-state index contributed by atoms with van der Waals surface area (Å²) in [4.78, 5) is 4.64. The summed E-state index contributed by atoms with van der Waals surface area (Å²) in [5.41, 5.74) is 3.66. The van der Waals surface area contributed by atoms with Crippen LogP contribution in [0.15, 0.2) is 6.20 Å². The highest BCUT2D eigenvalue weighted by atomic mass is 16.5. The quantitative estimate of drug-likeness (QED) is 0.826. The summed E-state index contributed by atoms with van der Waals surface area (Å²) < 4.78 is 5.51. The first-order chi connectivity index (χ1) is 9.37. The lowest BCUT2D eigenvalue weighted by Crippen LogP contribution is -2.43. The second-order valence-corrected chi connectivity index (χ2v) is 6.20. The largest absolute Gasteiger partial charge is 0.496 e. The molecule has 0 aliphatic rings. The fourth-order valence-electron chi connectivity index (χ4n) is 2.59. The highest BCUT2D eigenvalue weighted by molar-refractivity contribution is 5.41. The van der Waals surface area contributed by atoms with E-state index >= 15 is 0 Å². The summed E-state index contributed by atoms with van der Waals surface area (Å²) in [6.45, 7) is 14.2. The maximum absolute atomic E-state index is 5.51. The molecular weight excluding hydrogens is 248 g/mol. The molecule has 3 nitrogen and oxygen atoms in total. The van der Waals surface area contributed by atoms with E-state index in [0.29, 0.717) is 6.04 Å². The molecule has 0 saturated heterocycles. The summed E-state index contributed by atoms with van der Waals surface area (Å²) in [5.74, 6) is 0.972. The van der Waals surface area contributed by atoms with Crippen LogP contribution in [0.2, 0.25) is 0 Å². The average molecular weight is 278 g/mol. The zero-order valence-corrected chi connectivity index (χ0v) is 14.1. The highest BCUT2D eigenvalue weighted by Gasteiger charge is 2.28. The number of rotatable bonds is 7. The minimum absolute atomic E-state index is 0.252. The molecule has 1 N–H and O–H groups in total. The van der Waals surface area contributed by atoms with Crippen LogP contribution in [-0.4, -0.2) is 24.7 Å². The van der Waals surface area contributed by atoms with Gasteiger partial charge in [0.15, 0.2) is 0 Å². The van der Waals surface area contributed by atoms with E-state index in [1.54, 1.807) is 7.11 Å². The zero-order chi connectivity index (χ0) is 15.3. The number of nitrogens with zero attached hydrogens (tertiary/aromatic N) is 1. The van der Waals surface area contributed by atoms with Gasteiger partial charge in [0.2, 0.25) is 0 Å². The van der Waals surface area contributed by atoms with Crippen molar-refractivity contribution in [2.75, 3.05) is 13.7 Å². The predicted molar refractivity (Wildman–Crippen MR) is 85.5 cm³/mol. The number of hydrogen-bond acceptors (Lipinski definition) is 3. The van der Waals surface area contributed by atoms with Crippen molar-refractivity contribution in [3.05, 3.63) is 23.0 Å². The second-order valence-electron chi connectivity index (χ2n) is 6.20. The molecule has 0 radical (unpaired) electrons. The second kappa shape index (κ2) is 7.07. The van der Waals surface area contributed by atoms with E-state index < -0.39 is 0 Å². The fourth-order valence-corrected chi connectivity index (χ4v) is 2.59. The van der Waals surface area contributed by atoms with Crippen LogP contribution in [0.3, 0.4) is 0 Å². The Morgan fingerprint density at radius 2 is 1.95 bits per heavy atom. The van der Waals surface area contributed by atoms with Crippen molar-refractivity contribution in [3.63, 3.8) is 0 Å². The number of pyridine rings is 1. The summed E-state index contributed by atoms with van der Waals surface area (Å²) >= 11 is 0. The van der Waals surface area contributed by atoms with Crippen LogP contribution in [0.1, 0.15) is 50.9 Å². The monoisotopic (exact) mass is 278 g/mol. The molecule has 0 aliphatic heterocycles. The molecule has 1 heterocycles. The third-order valence-electron chi connectivity index (χ3n) is 4.45. The normalized spacial score (nSPS) is 13.3. The SMILES string of the molecule is CCNC(Cc1ncc(C)c(OC)c1C)C(C)(C)CC. The van der Waals surface area contributed by atoms with Gasteiger partial charge in [-0.15, -0.1) is 0 Å². The fraction of sp³-hybridized carbons (Fsp3) is 0.706. The Morgan fingerprint density at radius 1 is 1.30 bits per heavy atom. The van der Waals surface area contributed by atoms with E-state index in [1.807, 2.05) is 13.1 Å². The van der Waals surface area contributed by atoms with Crippen LogP contribution in [0, 0.1) is 19.3 Å². The Hall–Kier alpha value is -1.09. The van der Waals surface area contributed by atoms with Gasteiger partial charge in [-0.3, -0.25) is 4.98 Å². The van der Waals surface area contributed by atoms with Crippen LogP contribution in [-0.2, 0) is 6.42 Å². The molecule has 0 amide bonds. The van der Waals surface area contributed by atoms with Crippen LogP contribution in [0.4, 0.5) is 0 Å². The maximum Gasteiger partial charge on any atom is 0.128 e. The lowest BCUT2D eigenvalue weighted by molar-refractivity contribution is 0.231. The van der Waals surface area contributed by atoms with Crippen molar-refractivity contribution >= 4 is 0 Å². The van der Waals surface area contributed by atoms with Crippen molar-refractivity contribution in [1.82, 2.24) is 10.3 Å². The Kier molecular flexibility index (Phi) is 6.00. The van der Waals surface area contributed by atoms with Gasteiger partial charge in [-0.05, 0) is 32.2 Å². The highest BCUT2D eigenvalue weighted by Crippen LogP contribution is 2.30. The Balaban J connectivity index is 3.06. The zero-order valence-electron chi connectivity index (χ0n) is 14.1. The molecule has 20 heavy (non-hydrogen) atoms. The van der Waals surface area contributed by atoms with Gasteiger partial charge in [0.05, 0.1) is 7.11 Å². The van der Waals surface area contributed by atoms with Crippen LogP contribution >= 0.6 is 0 Å². The van der Waals surface area contributed by atoms with Crippen LogP contribution < -0.4 is 10.1 Å². The Morgan fingerprint density at radius 3 is 2.45 bits per heavy atom. The van der Waals surface area contributed by atoms with Crippen molar-refractivity contribution in [2.24, 2.45) is 5.41 Å². The van der Waals surface area contributed by atoms with Crippen molar-refractivity contribution in [1.29, 1.82) is 0 Å². The van der Waals surface area contributed by atoms with Crippen molar-refractivity contribution in [2.45, 2.75) is 60.4 Å². The molecular formula is C17H30N2O. The lowest BCUT2D eigenvalue weighted by Gasteiger charge is -2.34. The van der Waals surface area contributed by atoms with E-state index in [2.05, 4.69) is 44.9 Å². The van der Waals surface area contributed by atoms with Gasteiger partial charge in [-0.2, -0.15) is 0 Å². The summed E-state index contributed by atoms with van der Waals surface area (Å²) in [7, 11) is 1.73. The smallest absolute Gasteiger partial charge is 0.128 e. The molecule has 0 saturated carbocycles. The van der Waals surface area contributed by atoms with Gasteiger partial charge >= 0.3 is 0 Å². The summed E-state index contributed by atoms with van der Waals surface area (Å²) in [6, 6.07) is 0.427. The molecule has 0 fully saturated rings. The third kappa shape index (κ3) is 3.72. The maximum atomic E-state index is 5.51. The average Bonchev–Trinajstić information content (AvgIpc) is 2.41. The van der Waals surface area contributed by atoms with Crippen molar-refractivity contribution < 1.29 is 4.74 Å². The number of aromatic nitrogens is 1. The first kappa shape index (κ1) is 17.0. The number of methoxy groups -OCH3 is 1. The number of nitrogens with one attached hydrogen (secondary N) is 1. The molecule has 0 aromatic carbocycles. The first-order valence-electron chi connectivity index (χ1n) is 7.59. The van der Waals surface area contributed by atoms with Gasteiger partial charge < -0.3 is 10.1 Å². The predicted octanol–water partition coefficient (Wildman–Crippen LogP) is 3.66. The number of aryl methyl sites for hydroxylation is 1. The first-order valence-corrected chi connectivity index (χ1v) is 7.59. The lowest BCUT2D eigenvalue weighted by atomic mass is 9.79. The van der Waals surface area contributed by atoms with Gasteiger partial charge in [0.25, 0.3) is 0 Å². The minimum atomic E-state index is 0.252. The van der Waals surface area contributed by atoms with Crippen LogP contribution in [0.25, 0.3) is 0 Å². The Labute approximate surface area is 124 Å². The van der Waals surface area contributed by atoms with E-state index in [9.17, 15) is 0 Å². The Bertz CT molecular complexity index is 441.